The molecule has 0 unspecified atom stereocenters. The van der Waals surface area contributed by atoms with E-state index in [1.165, 1.54) is 38.5 Å². The van der Waals surface area contributed by atoms with E-state index in [1.807, 2.05) is 85.5 Å². The van der Waals surface area contributed by atoms with Crippen LogP contribution in [-0.4, -0.2) is 77.0 Å². The SMILES string of the molecule is COc1ccc(C2=N[C@@H](Cc3ccc(Cl)cc3)[C@@H](c3ccc(Cl)cc3)N2C(=O)N2CCN(C3(N)CCC(C4CCCCCC4)CC3)C(=O)C2)c(OC(C)C)c1. The molecule has 11 heteroatoms. The quantitative estimate of drug-likeness (QED) is 0.218. The first-order chi connectivity index (χ1) is 26.5. The zero-order valence-electron chi connectivity index (χ0n) is 32.4. The van der Waals surface area contributed by atoms with Gasteiger partial charge in [-0.2, -0.15) is 0 Å². The number of nitrogens with zero attached hydrogens (tertiary/aromatic N) is 4. The van der Waals surface area contributed by atoms with E-state index in [0.717, 1.165) is 42.7 Å². The minimum absolute atomic E-state index is 0.0548. The van der Waals surface area contributed by atoms with E-state index in [0.29, 0.717) is 58.4 Å². The first-order valence-electron chi connectivity index (χ1n) is 20.1. The maximum atomic E-state index is 15.1. The first kappa shape index (κ1) is 39.4. The Morgan fingerprint density at radius 1 is 0.891 bits per heavy atom. The molecule has 4 aliphatic rings. The molecule has 0 radical (unpaired) electrons. The molecule has 1 saturated heterocycles. The monoisotopic (exact) mass is 787 g/mol. The van der Waals surface area contributed by atoms with Gasteiger partial charge in [0, 0.05) is 29.2 Å². The molecule has 3 fully saturated rings. The van der Waals surface area contributed by atoms with Crippen molar-refractivity contribution in [2.24, 2.45) is 22.6 Å². The average molecular weight is 789 g/mol. The van der Waals surface area contributed by atoms with E-state index in [4.69, 9.17) is 43.4 Å². The Morgan fingerprint density at radius 2 is 1.53 bits per heavy atom. The van der Waals surface area contributed by atoms with Crippen LogP contribution in [0.4, 0.5) is 4.79 Å². The van der Waals surface area contributed by atoms with Crippen molar-refractivity contribution in [2.45, 2.75) is 108 Å². The van der Waals surface area contributed by atoms with Crippen molar-refractivity contribution in [3.05, 3.63) is 93.5 Å². The molecule has 2 heterocycles. The van der Waals surface area contributed by atoms with Crippen LogP contribution in [0.3, 0.4) is 0 Å². The molecule has 3 aromatic rings. The van der Waals surface area contributed by atoms with Gasteiger partial charge < -0.3 is 25.0 Å². The second kappa shape index (κ2) is 17.1. The summed E-state index contributed by atoms with van der Waals surface area (Å²) in [6.45, 7) is 4.62. The molecule has 0 spiro atoms. The predicted octanol–water partition coefficient (Wildman–Crippen LogP) is 9.28. The lowest BCUT2D eigenvalue weighted by molar-refractivity contribution is -0.144. The number of nitrogens with two attached hydrogens (primary N) is 1. The van der Waals surface area contributed by atoms with E-state index in [1.54, 1.807) is 16.9 Å². The number of methoxy groups -OCH3 is 1. The van der Waals surface area contributed by atoms with Gasteiger partial charge in [0.15, 0.2) is 0 Å². The molecule has 2 aliphatic heterocycles. The first-order valence-corrected chi connectivity index (χ1v) is 20.9. The van der Waals surface area contributed by atoms with Gasteiger partial charge in [0.2, 0.25) is 5.91 Å². The largest absolute Gasteiger partial charge is 0.497 e. The summed E-state index contributed by atoms with van der Waals surface area (Å²) >= 11 is 12.7. The summed E-state index contributed by atoms with van der Waals surface area (Å²) in [6.07, 6.45) is 12.1. The van der Waals surface area contributed by atoms with Gasteiger partial charge in [-0.05, 0) is 105 Å². The third-order valence-electron chi connectivity index (χ3n) is 12.2. The van der Waals surface area contributed by atoms with Crippen molar-refractivity contribution < 1.29 is 19.1 Å². The molecule has 294 valence electrons. The molecule has 2 atom stereocenters. The summed E-state index contributed by atoms with van der Waals surface area (Å²) in [4.78, 5) is 39.9. The van der Waals surface area contributed by atoms with Crippen molar-refractivity contribution in [1.82, 2.24) is 14.7 Å². The Hall–Kier alpha value is -3.79. The molecule has 2 N–H and O–H groups in total. The van der Waals surface area contributed by atoms with Gasteiger partial charge in [-0.1, -0.05) is 86.0 Å². The number of carbonyl (C=O) groups excluding carboxylic acids is 2. The highest BCUT2D eigenvalue weighted by molar-refractivity contribution is 6.30. The van der Waals surface area contributed by atoms with Crippen LogP contribution in [0.25, 0.3) is 0 Å². The number of amides is 3. The third-order valence-corrected chi connectivity index (χ3v) is 12.7. The Labute approximate surface area is 336 Å². The normalized spacial score (nSPS) is 25.2. The number of piperazine rings is 1. The van der Waals surface area contributed by atoms with Crippen molar-refractivity contribution in [2.75, 3.05) is 26.7 Å². The number of halogens is 2. The van der Waals surface area contributed by atoms with E-state index < -0.39 is 11.7 Å². The molecule has 2 aliphatic carbocycles. The summed E-state index contributed by atoms with van der Waals surface area (Å²) in [5.41, 5.74) is 9.00. The fourth-order valence-electron chi connectivity index (χ4n) is 9.34. The van der Waals surface area contributed by atoms with Crippen molar-refractivity contribution >= 4 is 41.0 Å². The van der Waals surface area contributed by atoms with Crippen molar-refractivity contribution in [1.29, 1.82) is 0 Å². The van der Waals surface area contributed by atoms with Crippen LogP contribution in [0, 0.1) is 11.8 Å². The standard InChI is InChI=1S/C44H55Cl2N5O4/c1-29(2)55-39-27-36(54-3)18-19-37(39)42-48-38(26-30-10-14-34(45)15-11-30)41(33-12-16-35(46)17-13-33)51(42)43(53)49-24-25-50(40(52)28-49)44(47)22-20-32(21-23-44)31-8-6-4-5-7-9-31/h10-19,27,29,31-32,38,41H,4-9,20-26,28,47H2,1-3H3/t32?,38-,41+,44?/m0/s1. The lowest BCUT2D eigenvalue weighted by Gasteiger charge is -2.49. The summed E-state index contributed by atoms with van der Waals surface area (Å²) in [5.74, 6) is 3.02. The molecule has 0 bridgehead atoms. The second-order valence-corrected chi connectivity index (χ2v) is 17.1. The van der Waals surface area contributed by atoms with Crippen LogP contribution in [0.15, 0.2) is 71.7 Å². The summed E-state index contributed by atoms with van der Waals surface area (Å²) in [6, 6.07) is 19.7. The lowest BCUT2D eigenvalue weighted by Crippen LogP contribution is -2.66. The Kier molecular flexibility index (Phi) is 12.3. The Morgan fingerprint density at radius 3 is 2.15 bits per heavy atom. The van der Waals surface area contributed by atoms with Crippen LogP contribution in [0.5, 0.6) is 11.5 Å². The fourth-order valence-corrected chi connectivity index (χ4v) is 9.59. The number of urea groups is 1. The number of hydrogen-bond donors (Lipinski definition) is 1. The predicted molar refractivity (Wildman–Crippen MR) is 219 cm³/mol. The summed E-state index contributed by atoms with van der Waals surface area (Å²) < 4.78 is 11.9. The molecule has 7 rings (SSSR count). The fraction of sp³-hybridized carbons (Fsp3) is 0.523. The molecule has 2 saturated carbocycles. The van der Waals surface area contributed by atoms with E-state index >= 15 is 4.79 Å². The van der Waals surface area contributed by atoms with Gasteiger partial charge in [-0.3, -0.25) is 14.7 Å². The number of rotatable bonds is 9. The van der Waals surface area contributed by atoms with Gasteiger partial charge in [0.1, 0.15) is 23.9 Å². The number of ether oxygens (including phenoxy) is 2. The van der Waals surface area contributed by atoms with Crippen molar-refractivity contribution in [3.8, 4) is 11.5 Å². The van der Waals surface area contributed by atoms with Gasteiger partial charge in [-0.15, -0.1) is 0 Å². The van der Waals surface area contributed by atoms with Crippen molar-refractivity contribution in [3.63, 3.8) is 0 Å². The zero-order valence-corrected chi connectivity index (χ0v) is 33.9. The van der Waals surface area contributed by atoms with Gasteiger partial charge >= 0.3 is 6.03 Å². The number of benzene rings is 3. The molecule has 3 amide bonds. The third kappa shape index (κ3) is 8.79. The highest BCUT2D eigenvalue weighted by Crippen LogP contribution is 2.43. The van der Waals surface area contributed by atoms with Crippen LogP contribution >= 0.6 is 23.2 Å². The highest BCUT2D eigenvalue weighted by atomic mass is 35.5. The summed E-state index contributed by atoms with van der Waals surface area (Å²) in [7, 11) is 1.61. The summed E-state index contributed by atoms with van der Waals surface area (Å²) in [5, 5.41) is 1.24. The lowest BCUT2D eigenvalue weighted by atomic mass is 9.73. The molecule has 55 heavy (non-hydrogen) atoms. The van der Waals surface area contributed by atoms with E-state index in [2.05, 4.69) is 0 Å². The van der Waals surface area contributed by atoms with Gasteiger partial charge in [0.25, 0.3) is 0 Å². The smallest absolute Gasteiger partial charge is 0.326 e. The van der Waals surface area contributed by atoms with Crippen LogP contribution < -0.4 is 15.2 Å². The van der Waals surface area contributed by atoms with E-state index in [-0.39, 0.29) is 30.6 Å². The van der Waals surface area contributed by atoms with Gasteiger partial charge in [-0.25, -0.2) is 4.79 Å². The van der Waals surface area contributed by atoms with E-state index in [9.17, 15) is 4.79 Å². The minimum atomic E-state index is -0.685. The maximum Gasteiger partial charge on any atom is 0.326 e. The molecule has 3 aromatic carbocycles. The van der Waals surface area contributed by atoms with Crippen LogP contribution in [0.2, 0.25) is 10.0 Å². The molecular weight excluding hydrogens is 733 g/mol. The second-order valence-electron chi connectivity index (χ2n) is 16.2. The number of amidine groups is 1. The highest BCUT2D eigenvalue weighted by Gasteiger charge is 2.47. The van der Waals surface area contributed by atoms with Gasteiger partial charge in [0.05, 0.1) is 36.5 Å². The maximum absolute atomic E-state index is 15.1. The Bertz CT molecular complexity index is 1840. The average Bonchev–Trinajstić information content (AvgIpc) is 3.32. The minimum Gasteiger partial charge on any atom is -0.497 e. The molecule has 0 aromatic heterocycles. The topological polar surface area (TPSA) is 101 Å². The molecular formula is C44H55Cl2N5O4. The number of hydrogen-bond acceptors (Lipinski definition) is 6. The molecule has 9 nitrogen and oxygen atoms in total. The number of carbonyl (C=O) groups is 2. The Balaban J connectivity index is 1.19. The van der Waals surface area contributed by atoms with Crippen LogP contribution in [0.1, 0.15) is 101 Å². The number of aliphatic imine (C=N–C) groups is 1. The zero-order chi connectivity index (χ0) is 38.7. The van der Waals surface area contributed by atoms with Crippen LogP contribution in [-0.2, 0) is 11.2 Å².